The zero-order valence-corrected chi connectivity index (χ0v) is 21.2. The van der Waals surface area contributed by atoms with Gasteiger partial charge in [0.15, 0.2) is 0 Å². The van der Waals surface area contributed by atoms with Crippen LogP contribution in [-0.2, 0) is 0 Å². The van der Waals surface area contributed by atoms with Crippen LogP contribution < -0.4 is 0 Å². The Morgan fingerprint density at radius 1 is 1.15 bits per heavy atom. The molecule has 0 aromatic carbocycles. The van der Waals surface area contributed by atoms with E-state index in [1.807, 2.05) is 0 Å². The van der Waals surface area contributed by atoms with Gasteiger partial charge in [-0.15, -0.1) is 0 Å². The fourth-order valence-electron chi connectivity index (χ4n) is 7.79. The van der Waals surface area contributed by atoms with Crippen LogP contribution in [0.5, 0.6) is 0 Å². The molecule has 1 saturated heterocycles. The lowest BCUT2D eigenvalue weighted by Crippen LogP contribution is -2.37. The van der Waals surface area contributed by atoms with Crippen molar-refractivity contribution in [2.75, 3.05) is 19.6 Å². The summed E-state index contributed by atoms with van der Waals surface area (Å²) in [6, 6.07) is 0. The van der Waals surface area contributed by atoms with Crippen molar-refractivity contribution in [3.8, 4) is 0 Å². The van der Waals surface area contributed by atoms with Crippen LogP contribution in [0.25, 0.3) is 0 Å². The van der Waals surface area contributed by atoms with Crippen LogP contribution in [-0.4, -0.2) is 53.4 Å². The van der Waals surface area contributed by atoms with E-state index in [0.29, 0.717) is 35.7 Å². The van der Waals surface area contributed by atoms with Crippen LogP contribution in [0.2, 0.25) is 0 Å². The molecule has 5 heteroatoms. The molecule has 1 heterocycles. The Morgan fingerprint density at radius 2 is 1.88 bits per heavy atom. The first-order chi connectivity index (χ1) is 16.2. The summed E-state index contributed by atoms with van der Waals surface area (Å²) < 4.78 is 25.4. The molecule has 0 bridgehead atoms. The van der Waals surface area contributed by atoms with Crippen molar-refractivity contribution in [1.29, 1.82) is 0 Å². The number of aliphatic hydroxyl groups is 2. The van der Waals surface area contributed by atoms with Crippen LogP contribution in [0, 0.1) is 29.1 Å². The maximum Gasteiger partial charge on any atom is 0.238 e. The standard InChI is InChI=1S/C29H45F2NO2/c1-19(10-13-32-14-11-22(18-32)17-28(30)31)24-8-9-25-23(5-4-12-29(24,25)3)7-6-21-15-26(33)20(2)27(34)16-21/h6-7,19,22,24-28,33-34H,2,4-5,8-18H2,1,3H3/b23-7+/t19?,22-,24-,25+,26-,27-,29-/m1/s1. The summed E-state index contributed by atoms with van der Waals surface area (Å²) in [4.78, 5) is 2.42. The van der Waals surface area contributed by atoms with Gasteiger partial charge in [0, 0.05) is 13.0 Å². The lowest BCUT2D eigenvalue weighted by Gasteiger charge is -2.44. The third-order valence-corrected chi connectivity index (χ3v) is 9.81. The minimum atomic E-state index is -2.17. The summed E-state index contributed by atoms with van der Waals surface area (Å²) in [5.74, 6) is 2.17. The molecule has 0 amide bonds. The lowest BCUT2D eigenvalue weighted by molar-refractivity contribution is 0.0887. The van der Waals surface area contributed by atoms with Crippen LogP contribution in [0.15, 0.2) is 35.5 Å². The van der Waals surface area contributed by atoms with Gasteiger partial charge in [-0.1, -0.05) is 43.7 Å². The molecule has 2 N–H and O–H groups in total. The largest absolute Gasteiger partial charge is 0.388 e. The van der Waals surface area contributed by atoms with E-state index >= 15 is 0 Å². The number of likely N-dealkylation sites (tertiary alicyclic amines) is 1. The molecule has 4 fully saturated rings. The first-order valence-electron chi connectivity index (χ1n) is 13.6. The van der Waals surface area contributed by atoms with E-state index in [0.717, 1.165) is 50.4 Å². The van der Waals surface area contributed by atoms with Gasteiger partial charge in [-0.3, -0.25) is 0 Å². The molecule has 0 aromatic rings. The Hall–Kier alpha value is -1.04. The van der Waals surface area contributed by atoms with Crippen LogP contribution in [0.3, 0.4) is 0 Å². The van der Waals surface area contributed by atoms with E-state index in [1.165, 1.54) is 25.7 Å². The Balaban J connectivity index is 1.35. The van der Waals surface area contributed by atoms with Crippen LogP contribution >= 0.6 is 0 Å². The van der Waals surface area contributed by atoms with Crippen molar-refractivity contribution in [3.05, 3.63) is 35.5 Å². The van der Waals surface area contributed by atoms with E-state index in [9.17, 15) is 19.0 Å². The monoisotopic (exact) mass is 477 g/mol. The summed E-state index contributed by atoms with van der Waals surface area (Å²) in [5.41, 5.74) is 3.55. The summed E-state index contributed by atoms with van der Waals surface area (Å²) >= 11 is 0. The lowest BCUT2D eigenvalue weighted by atomic mass is 9.61. The molecular formula is C29H45F2NO2. The number of allylic oxidation sites excluding steroid dienone is 3. The predicted molar refractivity (Wildman–Crippen MR) is 134 cm³/mol. The van der Waals surface area contributed by atoms with Crippen molar-refractivity contribution >= 4 is 0 Å². The molecular weight excluding hydrogens is 432 g/mol. The number of nitrogens with zero attached hydrogens (tertiary/aromatic N) is 1. The number of hydrogen-bond acceptors (Lipinski definition) is 3. The van der Waals surface area contributed by atoms with E-state index in [4.69, 9.17) is 0 Å². The second-order valence-corrected chi connectivity index (χ2v) is 12.0. The zero-order chi connectivity index (χ0) is 24.5. The Kier molecular flexibility index (Phi) is 8.36. The van der Waals surface area contributed by atoms with E-state index < -0.39 is 18.6 Å². The van der Waals surface area contributed by atoms with Gasteiger partial charge in [0.2, 0.25) is 6.43 Å². The van der Waals surface area contributed by atoms with Crippen LogP contribution in [0.4, 0.5) is 8.78 Å². The highest BCUT2D eigenvalue weighted by molar-refractivity contribution is 5.29. The first kappa shape index (κ1) is 26.0. The van der Waals surface area contributed by atoms with E-state index in [-0.39, 0.29) is 12.3 Å². The van der Waals surface area contributed by atoms with Crippen molar-refractivity contribution in [2.45, 2.75) is 96.7 Å². The van der Waals surface area contributed by atoms with Gasteiger partial charge in [0.1, 0.15) is 0 Å². The number of aliphatic hydroxyl groups excluding tert-OH is 2. The molecule has 3 aliphatic carbocycles. The van der Waals surface area contributed by atoms with Gasteiger partial charge < -0.3 is 15.1 Å². The summed E-state index contributed by atoms with van der Waals surface area (Å²) in [6.45, 7) is 11.6. The smallest absolute Gasteiger partial charge is 0.238 e. The maximum atomic E-state index is 12.7. The average molecular weight is 478 g/mol. The molecule has 1 unspecified atom stereocenters. The fraction of sp³-hybridized carbons (Fsp3) is 0.793. The molecule has 3 nitrogen and oxygen atoms in total. The second-order valence-electron chi connectivity index (χ2n) is 12.0. The van der Waals surface area contributed by atoms with Gasteiger partial charge in [-0.25, -0.2) is 8.78 Å². The minimum Gasteiger partial charge on any atom is -0.388 e. The number of rotatable bonds is 7. The summed E-state index contributed by atoms with van der Waals surface area (Å²) in [7, 11) is 0. The minimum absolute atomic E-state index is 0.0619. The molecule has 7 atom stereocenters. The SMILES string of the molecule is C=C1[C@H](O)CC(=C/C=C2\CCC[C@]3(C)[C@@H](C(C)CCN4CC[C@H](CC(F)F)C4)CC[C@@H]23)C[C@H]1O. The van der Waals surface area contributed by atoms with E-state index in [1.54, 1.807) is 5.57 Å². The van der Waals surface area contributed by atoms with E-state index in [2.05, 4.69) is 37.5 Å². The van der Waals surface area contributed by atoms with Gasteiger partial charge in [0.05, 0.1) is 12.2 Å². The fourth-order valence-corrected chi connectivity index (χ4v) is 7.79. The molecule has 3 saturated carbocycles. The highest BCUT2D eigenvalue weighted by Crippen LogP contribution is 2.59. The molecule has 192 valence electrons. The predicted octanol–water partition coefficient (Wildman–Crippen LogP) is 6.13. The third kappa shape index (κ3) is 5.68. The number of halogens is 2. The first-order valence-corrected chi connectivity index (χ1v) is 13.6. The topological polar surface area (TPSA) is 43.7 Å². The van der Waals surface area contributed by atoms with Crippen molar-refractivity contribution in [1.82, 2.24) is 4.90 Å². The van der Waals surface area contributed by atoms with Crippen LogP contribution in [0.1, 0.15) is 78.1 Å². The third-order valence-electron chi connectivity index (χ3n) is 9.81. The van der Waals surface area contributed by atoms with Gasteiger partial charge in [-0.2, -0.15) is 0 Å². The van der Waals surface area contributed by atoms with Crippen molar-refractivity contribution in [3.63, 3.8) is 0 Å². The Morgan fingerprint density at radius 3 is 2.59 bits per heavy atom. The van der Waals surface area contributed by atoms with Gasteiger partial charge in [0.25, 0.3) is 0 Å². The maximum absolute atomic E-state index is 12.7. The molecule has 0 spiro atoms. The Labute approximate surface area is 205 Å². The molecule has 4 rings (SSSR count). The van der Waals surface area contributed by atoms with Crippen molar-refractivity contribution in [2.24, 2.45) is 29.1 Å². The van der Waals surface area contributed by atoms with Crippen molar-refractivity contribution < 1.29 is 19.0 Å². The molecule has 4 aliphatic rings. The zero-order valence-electron chi connectivity index (χ0n) is 21.2. The molecule has 0 radical (unpaired) electrons. The quantitative estimate of drug-likeness (QED) is 0.434. The molecule has 1 aliphatic heterocycles. The van der Waals surface area contributed by atoms with Gasteiger partial charge in [-0.05, 0) is 106 Å². The second kappa shape index (κ2) is 10.9. The summed E-state index contributed by atoms with van der Waals surface area (Å²) in [5, 5.41) is 20.3. The highest BCUT2D eigenvalue weighted by Gasteiger charge is 2.50. The normalized spacial score (nSPS) is 39.1. The summed E-state index contributed by atoms with van der Waals surface area (Å²) in [6.07, 6.45) is 10.6. The molecule has 34 heavy (non-hydrogen) atoms. The number of fused-ring (bicyclic) bond motifs is 1. The highest BCUT2D eigenvalue weighted by atomic mass is 19.3. The van der Waals surface area contributed by atoms with Gasteiger partial charge >= 0.3 is 0 Å². The number of alkyl halides is 2. The molecule has 0 aromatic heterocycles. The Bertz CT molecular complexity index is 777. The average Bonchev–Trinajstić information content (AvgIpc) is 3.37. The number of hydrogen-bond donors (Lipinski definition) is 2.